The molecule has 1 unspecified atom stereocenters. The highest BCUT2D eigenvalue weighted by Gasteiger charge is 2.40. The number of hydrogen-bond donors (Lipinski definition) is 3. The molecule has 4 N–H and O–H groups in total. The zero-order valence-corrected chi connectivity index (χ0v) is 23.5. The van der Waals surface area contributed by atoms with Crippen LogP contribution in [-0.4, -0.2) is 89.8 Å². The summed E-state index contributed by atoms with van der Waals surface area (Å²) in [5.41, 5.74) is 6.99. The lowest BCUT2D eigenvalue weighted by Crippen LogP contribution is -2.49. The molecule has 0 aliphatic carbocycles. The molecule has 0 saturated carbocycles. The average Bonchev–Trinajstić information content (AvgIpc) is 3.31. The van der Waals surface area contributed by atoms with Gasteiger partial charge in [0, 0.05) is 45.3 Å². The van der Waals surface area contributed by atoms with E-state index in [0.717, 1.165) is 76.1 Å². The van der Waals surface area contributed by atoms with Crippen molar-refractivity contribution in [3.8, 4) is 0 Å². The van der Waals surface area contributed by atoms with Crippen molar-refractivity contribution in [2.24, 2.45) is 5.73 Å². The molecule has 3 fully saturated rings. The number of nitrogens with zero attached hydrogens (tertiary/aromatic N) is 5. The molecule has 0 bridgehead atoms. The molecule has 214 valence electrons. The van der Waals surface area contributed by atoms with Gasteiger partial charge in [0.25, 0.3) is 5.91 Å². The number of aromatic nitrogens is 2. The number of primary amides is 1. The number of likely N-dealkylation sites (N-methyl/N-ethyl adjacent to an activating group) is 1. The first-order valence-corrected chi connectivity index (χ1v) is 14.4. The Morgan fingerprint density at radius 2 is 1.90 bits per heavy atom. The van der Waals surface area contributed by atoms with Crippen molar-refractivity contribution in [3.05, 3.63) is 41.7 Å². The number of carbonyl (C=O) groups excluding carboxylic acids is 3. The topological polar surface area (TPSA) is 137 Å². The van der Waals surface area contributed by atoms with Crippen molar-refractivity contribution < 1.29 is 14.4 Å². The Morgan fingerprint density at radius 1 is 1.15 bits per heavy atom. The zero-order chi connectivity index (χ0) is 28.3. The third kappa shape index (κ3) is 5.47. The first-order chi connectivity index (χ1) is 19.3. The molecular weight excluding hydrogens is 508 g/mol. The number of piperidine rings is 2. The van der Waals surface area contributed by atoms with Crippen LogP contribution in [0.4, 0.5) is 22.1 Å². The van der Waals surface area contributed by atoms with Gasteiger partial charge < -0.3 is 31.1 Å². The summed E-state index contributed by atoms with van der Waals surface area (Å²) in [6.45, 7) is 6.58. The predicted molar refractivity (Wildman–Crippen MR) is 154 cm³/mol. The van der Waals surface area contributed by atoms with Crippen LogP contribution >= 0.6 is 0 Å². The lowest BCUT2D eigenvalue weighted by molar-refractivity contribution is -0.125. The van der Waals surface area contributed by atoms with E-state index in [1.54, 1.807) is 11.1 Å². The molecule has 3 aliphatic heterocycles. The van der Waals surface area contributed by atoms with Crippen LogP contribution in [0, 0.1) is 0 Å². The standard InChI is InChI=1S/C29H40N8O3/c1-3-5-23(38)29(11-13-31-14-12-29)20-7-9-21(10-8-20)33-27-25(26(30)39)32-18-24(34-27)36-15-4-6-22(19-36)37-17-16-35(2)28(37)40/h7-10,18,22,31H,3-6,11-17,19H2,1-2H3,(H2,30,39)(H,33,34). The van der Waals surface area contributed by atoms with Crippen LogP contribution in [0.1, 0.15) is 61.5 Å². The highest BCUT2D eigenvalue weighted by molar-refractivity contribution is 5.96. The zero-order valence-electron chi connectivity index (χ0n) is 23.5. The second-order valence-corrected chi connectivity index (χ2v) is 11.1. The molecule has 5 rings (SSSR count). The van der Waals surface area contributed by atoms with E-state index in [0.29, 0.717) is 24.6 Å². The predicted octanol–water partition coefficient (Wildman–Crippen LogP) is 2.65. The third-order valence-corrected chi connectivity index (χ3v) is 8.57. The highest BCUT2D eigenvalue weighted by Crippen LogP contribution is 2.37. The van der Waals surface area contributed by atoms with Crippen molar-refractivity contribution in [1.82, 2.24) is 25.1 Å². The van der Waals surface area contributed by atoms with Crippen LogP contribution in [0.25, 0.3) is 0 Å². The summed E-state index contributed by atoms with van der Waals surface area (Å²) in [5.74, 6) is 0.552. The number of hydrogen-bond acceptors (Lipinski definition) is 8. The molecule has 2 aromatic rings. The second kappa shape index (κ2) is 11.8. The number of ketones is 1. The monoisotopic (exact) mass is 548 g/mol. The van der Waals surface area contributed by atoms with Gasteiger partial charge in [-0.15, -0.1) is 0 Å². The average molecular weight is 549 g/mol. The lowest BCUT2D eigenvalue weighted by Gasteiger charge is -2.37. The summed E-state index contributed by atoms with van der Waals surface area (Å²) in [6.07, 6.45) is 6.43. The number of nitrogens with two attached hydrogens (primary N) is 1. The summed E-state index contributed by atoms with van der Waals surface area (Å²) in [7, 11) is 1.83. The van der Waals surface area contributed by atoms with Gasteiger partial charge in [-0.25, -0.2) is 14.8 Å². The normalized spacial score (nSPS) is 21.0. The van der Waals surface area contributed by atoms with E-state index in [-0.39, 0.29) is 23.6 Å². The molecule has 1 aromatic heterocycles. The largest absolute Gasteiger partial charge is 0.364 e. The number of amides is 3. The molecular formula is C29H40N8O3. The molecule has 3 aliphatic rings. The van der Waals surface area contributed by atoms with E-state index >= 15 is 0 Å². The molecule has 4 heterocycles. The lowest BCUT2D eigenvalue weighted by atomic mass is 9.69. The number of benzene rings is 1. The smallest absolute Gasteiger partial charge is 0.320 e. The molecule has 3 saturated heterocycles. The molecule has 11 nitrogen and oxygen atoms in total. The summed E-state index contributed by atoms with van der Waals surface area (Å²) in [5, 5.41) is 6.61. The van der Waals surface area contributed by atoms with Crippen LogP contribution in [0.2, 0.25) is 0 Å². The Kier molecular flexibility index (Phi) is 8.20. The maximum absolute atomic E-state index is 13.2. The summed E-state index contributed by atoms with van der Waals surface area (Å²) in [4.78, 5) is 52.9. The van der Waals surface area contributed by atoms with Crippen LogP contribution in [0.3, 0.4) is 0 Å². The molecule has 40 heavy (non-hydrogen) atoms. The van der Waals surface area contributed by atoms with E-state index in [4.69, 9.17) is 10.7 Å². The number of urea groups is 1. The molecule has 0 radical (unpaired) electrons. The fourth-order valence-electron chi connectivity index (χ4n) is 6.28. The maximum atomic E-state index is 13.2. The first-order valence-electron chi connectivity index (χ1n) is 14.4. The van der Waals surface area contributed by atoms with Crippen molar-refractivity contribution in [1.29, 1.82) is 0 Å². The maximum Gasteiger partial charge on any atom is 0.320 e. The molecule has 1 aromatic carbocycles. The minimum Gasteiger partial charge on any atom is -0.364 e. The fraction of sp³-hybridized carbons (Fsp3) is 0.552. The minimum atomic E-state index is -0.667. The Balaban J connectivity index is 1.36. The van der Waals surface area contributed by atoms with E-state index in [2.05, 4.69) is 20.5 Å². The fourth-order valence-corrected chi connectivity index (χ4v) is 6.28. The van der Waals surface area contributed by atoms with E-state index in [1.807, 2.05) is 43.1 Å². The minimum absolute atomic E-state index is 0.0608. The molecule has 3 amide bonds. The van der Waals surface area contributed by atoms with Crippen LogP contribution < -0.4 is 21.3 Å². The van der Waals surface area contributed by atoms with Gasteiger partial charge in [-0.1, -0.05) is 19.1 Å². The summed E-state index contributed by atoms with van der Waals surface area (Å²) < 4.78 is 0. The summed E-state index contributed by atoms with van der Waals surface area (Å²) in [6, 6.07) is 8.01. The van der Waals surface area contributed by atoms with Gasteiger partial charge in [-0.05, 0) is 62.9 Å². The van der Waals surface area contributed by atoms with Gasteiger partial charge in [-0.2, -0.15) is 0 Å². The quantitative estimate of drug-likeness (QED) is 0.435. The second-order valence-electron chi connectivity index (χ2n) is 11.1. The van der Waals surface area contributed by atoms with Crippen LogP contribution in [-0.2, 0) is 10.2 Å². The van der Waals surface area contributed by atoms with Crippen molar-refractivity contribution in [2.75, 3.05) is 56.5 Å². The van der Waals surface area contributed by atoms with Crippen molar-refractivity contribution in [3.63, 3.8) is 0 Å². The van der Waals surface area contributed by atoms with Crippen LogP contribution in [0.5, 0.6) is 0 Å². The van der Waals surface area contributed by atoms with E-state index in [9.17, 15) is 14.4 Å². The van der Waals surface area contributed by atoms with E-state index < -0.39 is 11.3 Å². The SMILES string of the molecule is CCCC(=O)C1(c2ccc(Nc3nc(N4CCCC(N5CCN(C)C5=O)C4)cnc3C(N)=O)cc2)CCNCC1. The number of nitrogens with one attached hydrogen (secondary N) is 2. The Labute approximate surface area is 235 Å². The molecule has 1 atom stereocenters. The number of carbonyl (C=O) groups is 3. The van der Waals surface area contributed by atoms with Gasteiger partial charge in [-0.3, -0.25) is 9.59 Å². The molecule has 11 heteroatoms. The van der Waals surface area contributed by atoms with Gasteiger partial charge in [0.15, 0.2) is 11.5 Å². The van der Waals surface area contributed by atoms with Gasteiger partial charge >= 0.3 is 6.03 Å². The van der Waals surface area contributed by atoms with Crippen LogP contribution in [0.15, 0.2) is 30.5 Å². The van der Waals surface area contributed by atoms with Gasteiger partial charge in [0.05, 0.1) is 17.7 Å². The number of rotatable bonds is 9. The third-order valence-electron chi connectivity index (χ3n) is 8.57. The number of Topliss-reactive ketones (excluding diaryl/α,β-unsaturated/α-hetero) is 1. The van der Waals surface area contributed by atoms with E-state index in [1.165, 1.54) is 0 Å². The first kappa shape index (κ1) is 27.8. The Morgan fingerprint density at radius 3 is 2.55 bits per heavy atom. The van der Waals surface area contributed by atoms with Gasteiger partial charge in [0.2, 0.25) is 0 Å². The van der Waals surface area contributed by atoms with Crippen molar-refractivity contribution >= 4 is 35.0 Å². The highest BCUT2D eigenvalue weighted by atomic mass is 16.2. The molecule has 0 spiro atoms. The van der Waals surface area contributed by atoms with Crippen molar-refractivity contribution in [2.45, 2.75) is 56.9 Å². The Hall–Kier alpha value is -3.73. The van der Waals surface area contributed by atoms with Gasteiger partial charge in [0.1, 0.15) is 11.6 Å². The summed E-state index contributed by atoms with van der Waals surface area (Å²) >= 11 is 0. The number of anilines is 3. The Bertz CT molecular complexity index is 1240.